The lowest BCUT2D eigenvalue weighted by Crippen LogP contribution is -2.04. The first-order valence-corrected chi connectivity index (χ1v) is 6.63. The summed E-state index contributed by atoms with van der Waals surface area (Å²) in [6, 6.07) is 10.2. The van der Waals surface area contributed by atoms with Crippen molar-refractivity contribution in [3.8, 4) is 11.5 Å². The van der Waals surface area contributed by atoms with Crippen LogP contribution >= 0.6 is 34.2 Å². The number of benzene rings is 2. The van der Waals surface area contributed by atoms with Crippen LogP contribution in [0.2, 0.25) is 5.02 Å². The number of hydrogen-bond donors (Lipinski definition) is 0. The molecule has 100 valence electrons. The minimum atomic E-state index is -4.41. The van der Waals surface area contributed by atoms with Crippen molar-refractivity contribution < 1.29 is 17.9 Å². The third-order valence-electron chi connectivity index (χ3n) is 2.32. The number of halogens is 5. The van der Waals surface area contributed by atoms with Crippen molar-refractivity contribution in [2.75, 3.05) is 0 Å². The minimum absolute atomic E-state index is 0.0746. The molecule has 0 N–H and O–H groups in total. The van der Waals surface area contributed by atoms with Gasteiger partial charge in [0, 0.05) is 0 Å². The average molecular weight is 399 g/mol. The highest BCUT2D eigenvalue weighted by molar-refractivity contribution is 14.1. The van der Waals surface area contributed by atoms with E-state index in [9.17, 15) is 13.2 Å². The van der Waals surface area contributed by atoms with E-state index in [1.54, 1.807) is 12.1 Å². The summed E-state index contributed by atoms with van der Waals surface area (Å²) in [6.07, 6.45) is -4.41. The fourth-order valence-electron chi connectivity index (χ4n) is 1.41. The molecule has 0 heterocycles. The van der Waals surface area contributed by atoms with Crippen LogP contribution in [0, 0.1) is 3.57 Å². The van der Waals surface area contributed by atoms with E-state index >= 15 is 0 Å². The molecule has 1 nitrogen and oxygen atoms in total. The zero-order valence-electron chi connectivity index (χ0n) is 9.34. The van der Waals surface area contributed by atoms with Gasteiger partial charge < -0.3 is 4.74 Å². The highest BCUT2D eigenvalue weighted by atomic mass is 127. The maximum Gasteiger partial charge on any atom is 0.416 e. The second-order valence-corrected chi connectivity index (χ2v) is 5.24. The molecule has 19 heavy (non-hydrogen) atoms. The molecule has 0 radical (unpaired) electrons. The SMILES string of the molecule is FC(F)(F)c1ccc(Oc2ccccc2I)c(Cl)c1. The summed E-state index contributed by atoms with van der Waals surface area (Å²) in [5.41, 5.74) is -0.799. The van der Waals surface area contributed by atoms with Crippen LogP contribution in [0.15, 0.2) is 42.5 Å². The third kappa shape index (κ3) is 3.54. The molecular formula is C13H7ClF3IO. The van der Waals surface area contributed by atoms with Crippen molar-refractivity contribution >= 4 is 34.2 Å². The van der Waals surface area contributed by atoms with E-state index in [-0.39, 0.29) is 10.8 Å². The van der Waals surface area contributed by atoms with Gasteiger partial charge in [0.25, 0.3) is 0 Å². The summed E-state index contributed by atoms with van der Waals surface area (Å²) < 4.78 is 43.8. The van der Waals surface area contributed by atoms with Crippen molar-refractivity contribution in [2.24, 2.45) is 0 Å². The van der Waals surface area contributed by atoms with Crippen LogP contribution in [0.5, 0.6) is 11.5 Å². The number of alkyl halides is 3. The Morgan fingerprint density at radius 3 is 2.26 bits per heavy atom. The lowest BCUT2D eigenvalue weighted by atomic mass is 10.2. The molecule has 0 spiro atoms. The van der Waals surface area contributed by atoms with Gasteiger partial charge in [0.15, 0.2) is 0 Å². The summed E-state index contributed by atoms with van der Waals surface area (Å²) in [5, 5.41) is -0.0746. The first-order valence-electron chi connectivity index (χ1n) is 5.17. The molecule has 0 aliphatic carbocycles. The van der Waals surface area contributed by atoms with Crippen LogP contribution in [0.4, 0.5) is 13.2 Å². The van der Waals surface area contributed by atoms with Crippen molar-refractivity contribution in [1.29, 1.82) is 0 Å². The molecule has 0 fully saturated rings. The quantitative estimate of drug-likeness (QED) is 0.585. The Hall–Kier alpha value is -0.950. The molecule has 0 saturated heterocycles. The lowest BCUT2D eigenvalue weighted by Gasteiger charge is -2.11. The Bertz CT molecular complexity index is 599. The Morgan fingerprint density at radius 1 is 1.00 bits per heavy atom. The molecular weight excluding hydrogens is 391 g/mol. The summed E-state index contributed by atoms with van der Waals surface area (Å²) in [7, 11) is 0. The van der Waals surface area contributed by atoms with E-state index in [0.717, 1.165) is 15.7 Å². The summed E-state index contributed by atoms with van der Waals surface area (Å²) in [4.78, 5) is 0. The number of ether oxygens (including phenoxy) is 1. The van der Waals surface area contributed by atoms with Crippen LogP contribution in [0.3, 0.4) is 0 Å². The summed E-state index contributed by atoms with van der Waals surface area (Å²) >= 11 is 7.88. The van der Waals surface area contributed by atoms with Crippen molar-refractivity contribution in [3.05, 3.63) is 56.6 Å². The van der Waals surface area contributed by atoms with Gasteiger partial charge in [0.05, 0.1) is 14.2 Å². The molecule has 0 unspecified atom stereocenters. The van der Waals surface area contributed by atoms with Gasteiger partial charge in [-0.15, -0.1) is 0 Å². The minimum Gasteiger partial charge on any atom is -0.455 e. The first-order chi connectivity index (χ1) is 8.88. The Kier molecular flexibility index (Phi) is 4.25. The van der Waals surface area contributed by atoms with Crippen LogP contribution in [0.25, 0.3) is 0 Å². The van der Waals surface area contributed by atoms with Crippen LogP contribution in [-0.2, 0) is 6.18 Å². The molecule has 0 atom stereocenters. The van der Waals surface area contributed by atoms with E-state index in [0.29, 0.717) is 5.75 Å². The van der Waals surface area contributed by atoms with E-state index in [1.807, 2.05) is 12.1 Å². The number of hydrogen-bond acceptors (Lipinski definition) is 1. The van der Waals surface area contributed by atoms with Gasteiger partial charge in [0.2, 0.25) is 0 Å². The molecule has 6 heteroatoms. The fraction of sp³-hybridized carbons (Fsp3) is 0.0769. The summed E-state index contributed by atoms with van der Waals surface area (Å²) in [6.45, 7) is 0. The van der Waals surface area contributed by atoms with Gasteiger partial charge in [-0.1, -0.05) is 23.7 Å². The zero-order valence-corrected chi connectivity index (χ0v) is 12.3. The lowest BCUT2D eigenvalue weighted by molar-refractivity contribution is -0.137. The van der Waals surface area contributed by atoms with Gasteiger partial charge in [-0.3, -0.25) is 0 Å². The average Bonchev–Trinajstić information content (AvgIpc) is 2.33. The molecule has 0 aromatic heterocycles. The van der Waals surface area contributed by atoms with Crippen LogP contribution in [-0.4, -0.2) is 0 Å². The van der Waals surface area contributed by atoms with Gasteiger partial charge in [0.1, 0.15) is 11.5 Å². The molecule has 2 aromatic carbocycles. The smallest absolute Gasteiger partial charge is 0.416 e. The highest BCUT2D eigenvalue weighted by Crippen LogP contribution is 2.37. The molecule has 0 aliphatic rings. The standard InChI is InChI=1S/C13H7ClF3IO/c14-9-7-8(13(15,16)17)5-6-11(9)19-12-4-2-1-3-10(12)18/h1-7H. The maximum absolute atomic E-state index is 12.5. The van der Waals surface area contributed by atoms with Crippen molar-refractivity contribution in [2.45, 2.75) is 6.18 Å². The fourth-order valence-corrected chi connectivity index (χ4v) is 2.12. The maximum atomic E-state index is 12.5. The topological polar surface area (TPSA) is 9.23 Å². The molecule has 0 bridgehead atoms. The third-order valence-corrected chi connectivity index (χ3v) is 3.50. The Balaban J connectivity index is 2.30. The van der Waals surface area contributed by atoms with Gasteiger partial charge in [-0.25, -0.2) is 0 Å². The second kappa shape index (κ2) is 5.58. The van der Waals surface area contributed by atoms with Crippen LogP contribution < -0.4 is 4.74 Å². The Labute approximate surface area is 126 Å². The van der Waals surface area contributed by atoms with Gasteiger partial charge in [-0.05, 0) is 52.9 Å². The molecule has 0 saturated carbocycles. The van der Waals surface area contributed by atoms with E-state index < -0.39 is 11.7 Å². The Morgan fingerprint density at radius 2 is 1.68 bits per heavy atom. The van der Waals surface area contributed by atoms with E-state index in [1.165, 1.54) is 6.07 Å². The predicted molar refractivity (Wildman–Crippen MR) is 75.7 cm³/mol. The zero-order chi connectivity index (χ0) is 14.0. The highest BCUT2D eigenvalue weighted by Gasteiger charge is 2.31. The van der Waals surface area contributed by atoms with Gasteiger partial charge >= 0.3 is 6.18 Å². The predicted octanol–water partition coefficient (Wildman–Crippen LogP) is 5.76. The van der Waals surface area contributed by atoms with Gasteiger partial charge in [-0.2, -0.15) is 13.2 Å². The van der Waals surface area contributed by atoms with Crippen molar-refractivity contribution in [3.63, 3.8) is 0 Å². The van der Waals surface area contributed by atoms with E-state index in [4.69, 9.17) is 16.3 Å². The monoisotopic (exact) mass is 398 g/mol. The molecule has 2 aromatic rings. The van der Waals surface area contributed by atoms with Crippen LogP contribution in [0.1, 0.15) is 5.56 Å². The van der Waals surface area contributed by atoms with Crippen molar-refractivity contribution in [1.82, 2.24) is 0 Å². The largest absolute Gasteiger partial charge is 0.455 e. The van der Waals surface area contributed by atoms with E-state index in [2.05, 4.69) is 22.6 Å². The normalized spacial score (nSPS) is 11.4. The number of para-hydroxylation sites is 1. The first kappa shape index (κ1) is 14.5. The molecule has 0 aliphatic heterocycles. The number of rotatable bonds is 2. The molecule has 0 amide bonds. The second-order valence-electron chi connectivity index (χ2n) is 3.68. The summed E-state index contributed by atoms with van der Waals surface area (Å²) in [5.74, 6) is 0.739. The molecule has 2 rings (SSSR count).